The van der Waals surface area contributed by atoms with E-state index in [2.05, 4.69) is 41.8 Å². The number of hydrogen-bond donors (Lipinski definition) is 2. The number of amides is 1. The molecule has 1 saturated carbocycles. The lowest BCUT2D eigenvalue weighted by Gasteiger charge is -2.20. The van der Waals surface area contributed by atoms with Crippen LogP contribution in [0.4, 0.5) is 0 Å². The van der Waals surface area contributed by atoms with E-state index in [0.717, 1.165) is 38.9 Å². The molecule has 0 radical (unpaired) electrons. The highest BCUT2D eigenvalue weighted by Crippen LogP contribution is 2.23. The maximum absolute atomic E-state index is 12.0. The lowest BCUT2D eigenvalue weighted by atomic mass is 9.89. The molecular formula is C18H28N2O. The van der Waals surface area contributed by atoms with Crippen LogP contribution < -0.4 is 10.6 Å². The molecule has 1 fully saturated rings. The summed E-state index contributed by atoms with van der Waals surface area (Å²) in [5, 5.41) is 6.47. The fraction of sp³-hybridized carbons (Fsp3) is 0.611. The number of benzene rings is 1. The second kappa shape index (κ2) is 8.83. The van der Waals surface area contributed by atoms with Gasteiger partial charge in [0.15, 0.2) is 0 Å². The topological polar surface area (TPSA) is 41.1 Å². The summed E-state index contributed by atoms with van der Waals surface area (Å²) in [7, 11) is 0. The molecule has 0 aliphatic heterocycles. The van der Waals surface area contributed by atoms with E-state index in [-0.39, 0.29) is 11.8 Å². The van der Waals surface area contributed by atoms with E-state index in [9.17, 15) is 4.79 Å². The largest absolute Gasteiger partial charge is 0.355 e. The van der Waals surface area contributed by atoms with Crippen LogP contribution in [0.25, 0.3) is 0 Å². The molecule has 0 aromatic heterocycles. The SMILES string of the molecule is Cc1ccccc1CCNCCNC(=O)C1CCCCC1. The van der Waals surface area contributed by atoms with E-state index in [1.54, 1.807) is 0 Å². The van der Waals surface area contributed by atoms with Crippen LogP contribution >= 0.6 is 0 Å². The van der Waals surface area contributed by atoms with E-state index in [4.69, 9.17) is 0 Å². The van der Waals surface area contributed by atoms with Crippen molar-refractivity contribution in [1.82, 2.24) is 10.6 Å². The molecule has 1 aliphatic carbocycles. The quantitative estimate of drug-likeness (QED) is 0.758. The number of rotatable bonds is 7. The predicted molar refractivity (Wildman–Crippen MR) is 87.3 cm³/mol. The molecule has 3 heteroatoms. The Balaban J connectivity index is 1.54. The highest BCUT2D eigenvalue weighted by molar-refractivity contribution is 5.78. The Morgan fingerprint density at radius 2 is 1.86 bits per heavy atom. The lowest BCUT2D eigenvalue weighted by Crippen LogP contribution is -2.37. The molecule has 0 unspecified atom stereocenters. The van der Waals surface area contributed by atoms with Crippen LogP contribution in [0.1, 0.15) is 43.2 Å². The van der Waals surface area contributed by atoms with Crippen LogP contribution in [0.5, 0.6) is 0 Å². The number of nitrogens with one attached hydrogen (secondary N) is 2. The summed E-state index contributed by atoms with van der Waals surface area (Å²) in [6.07, 6.45) is 6.92. The third kappa shape index (κ3) is 5.50. The van der Waals surface area contributed by atoms with E-state index < -0.39 is 0 Å². The van der Waals surface area contributed by atoms with Crippen LogP contribution in [0.3, 0.4) is 0 Å². The summed E-state index contributed by atoms with van der Waals surface area (Å²) in [6.45, 7) is 4.71. The zero-order valence-electron chi connectivity index (χ0n) is 13.2. The smallest absolute Gasteiger partial charge is 0.223 e. The first kappa shape index (κ1) is 16.0. The van der Waals surface area contributed by atoms with Gasteiger partial charge in [-0.2, -0.15) is 0 Å². The average Bonchev–Trinajstić information content (AvgIpc) is 2.53. The third-order valence-corrected chi connectivity index (χ3v) is 4.41. The normalized spacial score (nSPS) is 15.9. The molecule has 3 nitrogen and oxygen atoms in total. The predicted octanol–water partition coefficient (Wildman–Crippen LogP) is 2.82. The van der Waals surface area contributed by atoms with Crippen LogP contribution in [-0.2, 0) is 11.2 Å². The Morgan fingerprint density at radius 3 is 2.62 bits per heavy atom. The second-order valence-electron chi connectivity index (χ2n) is 6.05. The zero-order chi connectivity index (χ0) is 14.9. The Kier molecular flexibility index (Phi) is 6.74. The maximum Gasteiger partial charge on any atom is 0.223 e. The minimum Gasteiger partial charge on any atom is -0.355 e. The van der Waals surface area contributed by atoms with Crippen LogP contribution in [0.2, 0.25) is 0 Å². The lowest BCUT2D eigenvalue weighted by molar-refractivity contribution is -0.125. The van der Waals surface area contributed by atoms with Gasteiger partial charge >= 0.3 is 0 Å². The monoisotopic (exact) mass is 288 g/mol. The molecule has 21 heavy (non-hydrogen) atoms. The van der Waals surface area contributed by atoms with Crippen molar-refractivity contribution in [3.63, 3.8) is 0 Å². The van der Waals surface area contributed by atoms with E-state index in [1.165, 1.54) is 30.4 Å². The Labute approximate surface area is 128 Å². The van der Waals surface area contributed by atoms with Crippen molar-refractivity contribution < 1.29 is 4.79 Å². The van der Waals surface area contributed by atoms with Crippen molar-refractivity contribution in [2.24, 2.45) is 5.92 Å². The highest BCUT2D eigenvalue weighted by Gasteiger charge is 2.20. The first-order valence-electron chi connectivity index (χ1n) is 8.30. The van der Waals surface area contributed by atoms with Crippen LogP contribution in [-0.4, -0.2) is 25.5 Å². The molecule has 1 amide bonds. The molecule has 1 aromatic carbocycles. The molecule has 2 rings (SSSR count). The van der Waals surface area contributed by atoms with Crippen molar-refractivity contribution in [2.45, 2.75) is 45.4 Å². The summed E-state index contributed by atoms with van der Waals surface area (Å²) in [5.74, 6) is 0.529. The van der Waals surface area contributed by atoms with Crippen molar-refractivity contribution in [3.05, 3.63) is 35.4 Å². The van der Waals surface area contributed by atoms with Gasteiger partial charge in [0, 0.05) is 19.0 Å². The number of carbonyl (C=O) groups excluding carboxylic acids is 1. The summed E-state index contributed by atoms with van der Waals surface area (Å²) in [6, 6.07) is 8.50. The van der Waals surface area contributed by atoms with Gasteiger partial charge in [-0.3, -0.25) is 4.79 Å². The molecule has 0 heterocycles. The Hall–Kier alpha value is -1.35. The Bertz CT molecular complexity index is 439. The maximum atomic E-state index is 12.0. The van der Waals surface area contributed by atoms with E-state index >= 15 is 0 Å². The first-order chi connectivity index (χ1) is 10.3. The molecule has 116 valence electrons. The van der Waals surface area contributed by atoms with Gasteiger partial charge < -0.3 is 10.6 Å². The van der Waals surface area contributed by atoms with Crippen molar-refractivity contribution in [1.29, 1.82) is 0 Å². The number of hydrogen-bond acceptors (Lipinski definition) is 2. The minimum absolute atomic E-state index is 0.260. The highest BCUT2D eigenvalue weighted by atomic mass is 16.1. The van der Waals surface area contributed by atoms with Gasteiger partial charge in [-0.15, -0.1) is 0 Å². The summed E-state index contributed by atoms with van der Waals surface area (Å²) in [4.78, 5) is 12.0. The molecule has 0 spiro atoms. The molecule has 1 aromatic rings. The van der Waals surface area contributed by atoms with E-state index in [1.807, 2.05) is 0 Å². The molecule has 0 atom stereocenters. The summed E-state index contributed by atoms with van der Waals surface area (Å²) in [5.41, 5.74) is 2.75. The minimum atomic E-state index is 0.260. The average molecular weight is 288 g/mol. The molecule has 0 bridgehead atoms. The van der Waals surface area contributed by atoms with Gasteiger partial charge in [0.05, 0.1) is 0 Å². The van der Waals surface area contributed by atoms with Gasteiger partial charge in [-0.25, -0.2) is 0 Å². The van der Waals surface area contributed by atoms with Gasteiger partial charge in [0.25, 0.3) is 0 Å². The zero-order valence-corrected chi connectivity index (χ0v) is 13.2. The van der Waals surface area contributed by atoms with Gasteiger partial charge in [0.2, 0.25) is 5.91 Å². The standard InChI is InChI=1S/C18H28N2O/c1-15-7-5-6-8-16(15)11-12-19-13-14-20-18(21)17-9-3-2-4-10-17/h5-8,17,19H,2-4,9-14H2,1H3,(H,20,21). The van der Waals surface area contributed by atoms with E-state index in [0.29, 0.717) is 0 Å². The van der Waals surface area contributed by atoms with Gasteiger partial charge in [-0.1, -0.05) is 43.5 Å². The molecular weight excluding hydrogens is 260 g/mol. The van der Waals surface area contributed by atoms with Crippen LogP contribution in [0.15, 0.2) is 24.3 Å². The van der Waals surface area contributed by atoms with Crippen molar-refractivity contribution >= 4 is 5.91 Å². The first-order valence-corrected chi connectivity index (χ1v) is 8.30. The molecule has 0 saturated heterocycles. The number of aryl methyl sites for hydroxylation is 1. The molecule has 2 N–H and O–H groups in total. The number of carbonyl (C=O) groups is 1. The van der Waals surface area contributed by atoms with Crippen molar-refractivity contribution in [3.8, 4) is 0 Å². The summed E-state index contributed by atoms with van der Waals surface area (Å²) < 4.78 is 0. The van der Waals surface area contributed by atoms with Gasteiger partial charge in [-0.05, 0) is 43.9 Å². The third-order valence-electron chi connectivity index (χ3n) is 4.41. The Morgan fingerprint density at radius 1 is 1.10 bits per heavy atom. The second-order valence-corrected chi connectivity index (χ2v) is 6.05. The molecule has 1 aliphatic rings. The summed E-state index contributed by atoms with van der Waals surface area (Å²) >= 11 is 0. The fourth-order valence-electron chi connectivity index (χ4n) is 3.02. The van der Waals surface area contributed by atoms with Crippen molar-refractivity contribution in [2.75, 3.05) is 19.6 Å². The van der Waals surface area contributed by atoms with Crippen LogP contribution in [0, 0.1) is 12.8 Å². The fourth-order valence-corrected chi connectivity index (χ4v) is 3.02. The van der Waals surface area contributed by atoms with Gasteiger partial charge in [0.1, 0.15) is 0 Å².